The van der Waals surface area contributed by atoms with Crippen LogP contribution in [-0.4, -0.2) is 19.8 Å². The van der Waals surface area contributed by atoms with E-state index in [4.69, 9.17) is 0 Å². The molecule has 0 radical (unpaired) electrons. The minimum Gasteiger partial charge on any atom is -0.388 e. The number of aliphatic hydroxyl groups excluding tert-OH is 1. The van der Waals surface area contributed by atoms with Gasteiger partial charge in [0.25, 0.3) is 0 Å². The molecule has 0 aromatic heterocycles. The SMILES string of the molecule is CC(C)CCCC(O)c1ccc(S(C)(=O)=O)cc1. The second-order valence-corrected chi connectivity index (χ2v) is 7.20. The normalized spacial score (nSPS) is 13.8. The van der Waals surface area contributed by atoms with E-state index in [1.54, 1.807) is 24.3 Å². The van der Waals surface area contributed by atoms with Crippen LogP contribution in [0.3, 0.4) is 0 Å². The summed E-state index contributed by atoms with van der Waals surface area (Å²) in [6, 6.07) is 6.49. The first-order valence-corrected chi connectivity index (χ1v) is 8.18. The second-order valence-electron chi connectivity index (χ2n) is 5.18. The molecule has 0 bridgehead atoms. The summed E-state index contributed by atoms with van der Waals surface area (Å²) < 4.78 is 22.6. The monoisotopic (exact) mass is 270 g/mol. The van der Waals surface area contributed by atoms with Gasteiger partial charge in [-0.15, -0.1) is 0 Å². The zero-order chi connectivity index (χ0) is 13.8. The molecular weight excluding hydrogens is 248 g/mol. The quantitative estimate of drug-likeness (QED) is 0.864. The average Bonchev–Trinajstić information content (AvgIpc) is 2.27. The first kappa shape index (κ1) is 15.2. The summed E-state index contributed by atoms with van der Waals surface area (Å²) in [7, 11) is -3.16. The Kier molecular flexibility index (Phi) is 5.35. The van der Waals surface area contributed by atoms with Crippen LogP contribution < -0.4 is 0 Å². The highest BCUT2D eigenvalue weighted by Crippen LogP contribution is 2.22. The summed E-state index contributed by atoms with van der Waals surface area (Å²) in [5.74, 6) is 0.643. The lowest BCUT2D eigenvalue weighted by Crippen LogP contribution is -2.01. The lowest BCUT2D eigenvalue weighted by atomic mass is 10.0. The van der Waals surface area contributed by atoms with Gasteiger partial charge in [-0.3, -0.25) is 0 Å². The first-order chi connectivity index (χ1) is 8.30. The molecule has 0 saturated carbocycles. The van der Waals surface area contributed by atoms with Crippen LogP contribution in [0.1, 0.15) is 44.8 Å². The molecule has 102 valence electrons. The van der Waals surface area contributed by atoms with Crippen LogP contribution in [0.4, 0.5) is 0 Å². The Hall–Kier alpha value is -0.870. The fourth-order valence-corrected chi connectivity index (χ4v) is 2.45. The smallest absolute Gasteiger partial charge is 0.175 e. The van der Waals surface area contributed by atoms with E-state index in [0.29, 0.717) is 10.8 Å². The van der Waals surface area contributed by atoms with Crippen molar-refractivity contribution in [2.24, 2.45) is 5.92 Å². The molecule has 1 atom stereocenters. The molecule has 18 heavy (non-hydrogen) atoms. The Morgan fingerprint density at radius 3 is 2.11 bits per heavy atom. The molecule has 0 aliphatic heterocycles. The molecule has 0 fully saturated rings. The van der Waals surface area contributed by atoms with Crippen molar-refractivity contribution >= 4 is 9.84 Å². The van der Waals surface area contributed by atoms with Crippen molar-refractivity contribution in [1.29, 1.82) is 0 Å². The summed E-state index contributed by atoms with van der Waals surface area (Å²) in [6.45, 7) is 4.32. The van der Waals surface area contributed by atoms with E-state index in [2.05, 4.69) is 13.8 Å². The standard InChI is InChI=1S/C14H22O3S/c1-11(2)5-4-6-14(15)12-7-9-13(10-8-12)18(3,16)17/h7-11,14-15H,4-6H2,1-3H3. The van der Waals surface area contributed by atoms with E-state index >= 15 is 0 Å². The Morgan fingerprint density at radius 2 is 1.67 bits per heavy atom. The number of sulfone groups is 1. The van der Waals surface area contributed by atoms with E-state index in [1.165, 1.54) is 6.26 Å². The molecule has 1 N–H and O–H groups in total. The number of rotatable bonds is 6. The Balaban J connectivity index is 2.62. The van der Waals surface area contributed by atoms with Gasteiger partial charge in [-0.05, 0) is 30.0 Å². The summed E-state index contributed by atoms with van der Waals surface area (Å²) in [5.41, 5.74) is 0.783. The Morgan fingerprint density at radius 1 is 1.11 bits per heavy atom. The van der Waals surface area contributed by atoms with Gasteiger partial charge in [0.2, 0.25) is 0 Å². The zero-order valence-electron chi connectivity index (χ0n) is 11.3. The van der Waals surface area contributed by atoms with Crippen LogP contribution in [0, 0.1) is 5.92 Å². The largest absolute Gasteiger partial charge is 0.388 e. The van der Waals surface area contributed by atoms with E-state index in [-0.39, 0.29) is 0 Å². The zero-order valence-corrected chi connectivity index (χ0v) is 12.1. The Bertz CT molecular complexity index is 460. The molecule has 0 spiro atoms. The molecule has 0 saturated heterocycles. The number of hydrogen-bond acceptors (Lipinski definition) is 3. The van der Waals surface area contributed by atoms with Gasteiger partial charge >= 0.3 is 0 Å². The maximum absolute atomic E-state index is 11.3. The minimum atomic E-state index is -3.16. The van der Waals surface area contributed by atoms with Crippen molar-refractivity contribution in [2.75, 3.05) is 6.26 Å². The van der Waals surface area contributed by atoms with Crippen molar-refractivity contribution in [3.8, 4) is 0 Å². The van der Waals surface area contributed by atoms with Gasteiger partial charge in [-0.25, -0.2) is 8.42 Å². The fourth-order valence-electron chi connectivity index (χ4n) is 1.82. The fraction of sp³-hybridized carbons (Fsp3) is 0.571. The lowest BCUT2D eigenvalue weighted by molar-refractivity contribution is 0.162. The summed E-state index contributed by atoms with van der Waals surface area (Å²) in [4.78, 5) is 0.292. The third kappa shape index (κ3) is 4.78. The van der Waals surface area contributed by atoms with Gasteiger partial charge in [0.05, 0.1) is 11.0 Å². The third-order valence-electron chi connectivity index (χ3n) is 2.95. The van der Waals surface area contributed by atoms with Crippen LogP contribution >= 0.6 is 0 Å². The van der Waals surface area contributed by atoms with E-state index in [9.17, 15) is 13.5 Å². The van der Waals surface area contributed by atoms with E-state index < -0.39 is 15.9 Å². The molecule has 0 heterocycles. The molecule has 1 rings (SSSR count). The van der Waals surface area contributed by atoms with Crippen LogP contribution in [0.15, 0.2) is 29.2 Å². The average molecular weight is 270 g/mol. The molecule has 0 aliphatic carbocycles. The summed E-state index contributed by atoms with van der Waals surface area (Å²) >= 11 is 0. The number of benzene rings is 1. The van der Waals surface area contributed by atoms with Gasteiger partial charge in [0, 0.05) is 6.26 Å². The topological polar surface area (TPSA) is 54.4 Å². The third-order valence-corrected chi connectivity index (χ3v) is 4.08. The molecule has 1 aromatic carbocycles. The van der Waals surface area contributed by atoms with Crippen molar-refractivity contribution in [2.45, 2.75) is 44.1 Å². The lowest BCUT2D eigenvalue weighted by Gasteiger charge is -2.12. The van der Waals surface area contributed by atoms with Gasteiger partial charge in [-0.1, -0.05) is 38.8 Å². The van der Waals surface area contributed by atoms with Crippen LogP contribution in [-0.2, 0) is 9.84 Å². The van der Waals surface area contributed by atoms with Crippen LogP contribution in [0.25, 0.3) is 0 Å². The van der Waals surface area contributed by atoms with Crippen LogP contribution in [0.2, 0.25) is 0 Å². The predicted molar refractivity (Wildman–Crippen MR) is 73.2 cm³/mol. The molecule has 1 aromatic rings. The maximum Gasteiger partial charge on any atom is 0.175 e. The molecule has 0 amide bonds. The van der Waals surface area contributed by atoms with Crippen molar-refractivity contribution in [3.05, 3.63) is 29.8 Å². The second kappa shape index (κ2) is 6.34. The minimum absolute atomic E-state index is 0.292. The molecule has 3 nitrogen and oxygen atoms in total. The molecule has 4 heteroatoms. The highest BCUT2D eigenvalue weighted by molar-refractivity contribution is 7.90. The van der Waals surface area contributed by atoms with E-state index in [1.807, 2.05) is 0 Å². The van der Waals surface area contributed by atoms with Crippen molar-refractivity contribution in [3.63, 3.8) is 0 Å². The number of hydrogen-bond donors (Lipinski definition) is 1. The summed E-state index contributed by atoms with van der Waals surface area (Å²) in [5, 5.41) is 9.98. The molecule has 1 unspecified atom stereocenters. The molecular formula is C14H22O3S. The predicted octanol–water partition coefficient (Wildman–Crippen LogP) is 2.95. The summed E-state index contributed by atoms with van der Waals surface area (Å²) in [6.07, 6.45) is 3.47. The van der Waals surface area contributed by atoms with Crippen molar-refractivity contribution < 1.29 is 13.5 Å². The highest BCUT2D eigenvalue weighted by atomic mass is 32.2. The van der Waals surface area contributed by atoms with Crippen molar-refractivity contribution in [1.82, 2.24) is 0 Å². The van der Waals surface area contributed by atoms with Gasteiger partial charge in [0.1, 0.15) is 0 Å². The van der Waals surface area contributed by atoms with Crippen LogP contribution in [0.5, 0.6) is 0 Å². The maximum atomic E-state index is 11.3. The van der Waals surface area contributed by atoms with Gasteiger partial charge in [0.15, 0.2) is 9.84 Å². The van der Waals surface area contributed by atoms with Gasteiger partial charge < -0.3 is 5.11 Å². The van der Waals surface area contributed by atoms with E-state index in [0.717, 1.165) is 24.8 Å². The van der Waals surface area contributed by atoms with Gasteiger partial charge in [-0.2, -0.15) is 0 Å². The first-order valence-electron chi connectivity index (χ1n) is 6.29. The highest BCUT2D eigenvalue weighted by Gasteiger charge is 2.10. The molecule has 0 aliphatic rings. The number of aliphatic hydroxyl groups is 1. The Labute approximate surface area is 110 Å².